The summed E-state index contributed by atoms with van der Waals surface area (Å²) in [6.07, 6.45) is 5.01. The molecule has 3 heterocycles. The van der Waals surface area contributed by atoms with Crippen LogP contribution in [0.3, 0.4) is 0 Å². The Kier molecular flexibility index (Phi) is 6.54. The molecule has 3 aromatic rings. The minimum Gasteiger partial charge on any atom is -0.462 e. The van der Waals surface area contributed by atoms with Crippen molar-refractivity contribution in [3.05, 3.63) is 83.2 Å². The first-order chi connectivity index (χ1) is 14.2. The second-order valence-corrected chi connectivity index (χ2v) is 6.35. The number of esters is 1. The summed E-state index contributed by atoms with van der Waals surface area (Å²) in [5, 5.41) is 3.89. The molecule has 0 aliphatic carbocycles. The van der Waals surface area contributed by atoms with Crippen molar-refractivity contribution in [1.29, 1.82) is 0 Å². The van der Waals surface area contributed by atoms with E-state index in [2.05, 4.69) is 15.3 Å². The summed E-state index contributed by atoms with van der Waals surface area (Å²) in [6.45, 7) is 2.25. The van der Waals surface area contributed by atoms with Gasteiger partial charge in [-0.15, -0.1) is 12.4 Å². The number of allylic oxidation sites excluding steroid dienone is 1. The first kappa shape index (κ1) is 21.1. The number of rotatable bonds is 6. The molecule has 0 saturated carbocycles. The molecule has 154 valence electrons. The molecule has 1 aromatic carbocycles. The van der Waals surface area contributed by atoms with E-state index in [1.165, 1.54) is 0 Å². The topological polar surface area (TPSA) is 93.3 Å². The normalized spacial score (nSPS) is 14.6. The monoisotopic (exact) mass is 425 g/mol. The SMILES string of the molecule is CCOC(=O)C1=C(NCc2ccccc2)O/C(=C\c2c[nH]c3ncccc23)C1=O.Cl. The lowest BCUT2D eigenvalue weighted by Crippen LogP contribution is -2.19. The molecule has 0 spiro atoms. The molecule has 30 heavy (non-hydrogen) atoms. The van der Waals surface area contributed by atoms with E-state index in [4.69, 9.17) is 9.47 Å². The molecule has 0 fully saturated rings. The third kappa shape index (κ3) is 4.21. The number of fused-ring (bicyclic) bond motifs is 1. The largest absolute Gasteiger partial charge is 0.462 e. The molecule has 0 unspecified atom stereocenters. The highest BCUT2D eigenvalue weighted by molar-refractivity contribution is 6.26. The van der Waals surface area contributed by atoms with Gasteiger partial charge in [-0.1, -0.05) is 30.3 Å². The summed E-state index contributed by atoms with van der Waals surface area (Å²) in [7, 11) is 0. The standard InChI is InChI=1S/C22H19N3O4.ClH/c1-2-28-22(27)18-19(26)17(11-15-13-24-20-16(15)9-6-10-23-20)29-21(18)25-12-14-7-4-3-5-8-14;/h3-11,13,25H,2,12H2,1H3,(H,23,24);1H/b17-11-;. The molecular formula is C22H20ClN3O4. The number of halogens is 1. The van der Waals surface area contributed by atoms with Gasteiger partial charge >= 0.3 is 5.97 Å². The number of ether oxygens (including phenoxy) is 2. The number of Topliss-reactive ketones (excluding diaryl/α,β-unsaturated/α-hetero) is 1. The van der Waals surface area contributed by atoms with E-state index in [-0.39, 0.29) is 36.2 Å². The van der Waals surface area contributed by atoms with E-state index in [0.29, 0.717) is 12.2 Å². The van der Waals surface area contributed by atoms with Gasteiger partial charge in [0, 0.05) is 29.9 Å². The number of carbonyl (C=O) groups excluding carboxylic acids is 2. The second kappa shape index (κ2) is 9.28. The number of nitrogens with one attached hydrogen (secondary N) is 2. The van der Waals surface area contributed by atoms with Crippen LogP contribution in [-0.4, -0.2) is 28.3 Å². The van der Waals surface area contributed by atoms with Crippen LogP contribution < -0.4 is 5.32 Å². The van der Waals surface area contributed by atoms with Crippen molar-refractivity contribution >= 4 is 41.3 Å². The molecule has 8 heteroatoms. The number of benzene rings is 1. The van der Waals surface area contributed by atoms with Crippen molar-refractivity contribution < 1.29 is 19.1 Å². The van der Waals surface area contributed by atoms with Gasteiger partial charge in [-0.05, 0) is 30.7 Å². The third-order valence-electron chi connectivity index (χ3n) is 4.44. The minimum absolute atomic E-state index is 0. The zero-order valence-electron chi connectivity index (χ0n) is 16.2. The molecule has 2 aromatic heterocycles. The number of carbonyl (C=O) groups is 2. The van der Waals surface area contributed by atoms with Crippen LogP contribution in [0.15, 0.2) is 72.1 Å². The number of aromatic amines is 1. The van der Waals surface area contributed by atoms with Crippen molar-refractivity contribution in [3.63, 3.8) is 0 Å². The van der Waals surface area contributed by atoms with Crippen molar-refractivity contribution in [2.75, 3.05) is 6.61 Å². The fraction of sp³-hybridized carbons (Fsp3) is 0.136. The van der Waals surface area contributed by atoms with Gasteiger partial charge in [0.2, 0.25) is 11.7 Å². The molecule has 0 bridgehead atoms. The van der Waals surface area contributed by atoms with Gasteiger partial charge in [0.15, 0.2) is 11.3 Å². The van der Waals surface area contributed by atoms with Gasteiger partial charge in [-0.2, -0.15) is 0 Å². The lowest BCUT2D eigenvalue weighted by molar-refractivity contribution is -0.139. The third-order valence-corrected chi connectivity index (χ3v) is 4.44. The van der Waals surface area contributed by atoms with Crippen LogP contribution in [0.2, 0.25) is 0 Å². The number of aromatic nitrogens is 2. The van der Waals surface area contributed by atoms with Crippen molar-refractivity contribution in [2.45, 2.75) is 13.5 Å². The Hall–Kier alpha value is -3.58. The van der Waals surface area contributed by atoms with Gasteiger partial charge in [-0.25, -0.2) is 9.78 Å². The Morgan fingerprint density at radius 1 is 1.23 bits per heavy atom. The Labute approximate surface area is 179 Å². The Balaban J connectivity index is 0.00000256. The van der Waals surface area contributed by atoms with Crippen LogP contribution in [0.25, 0.3) is 17.1 Å². The predicted molar refractivity (Wildman–Crippen MR) is 114 cm³/mol. The molecule has 0 radical (unpaired) electrons. The Morgan fingerprint density at radius 2 is 2.03 bits per heavy atom. The molecule has 0 amide bonds. The molecule has 0 saturated heterocycles. The van der Waals surface area contributed by atoms with Gasteiger partial charge in [-0.3, -0.25) is 4.79 Å². The van der Waals surface area contributed by atoms with Gasteiger partial charge < -0.3 is 19.8 Å². The van der Waals surface area contributed by atoms with Gasteiger partial charge in [0.05, 0.1) is 6.61 Å². The number of hydrogen-bond acceptors (Lipinski definition) is 6. The van der Waals surface area contributed by atoms with E-state index in [1.54, 1.807) is 25.4 Å². The Morgan fingerprint density at radius 3 is 2.80 bits per heavy atom. The summed E-state index contributed by atoms with van der Waals surface area (Å²) in [5.41, 5.74) is 2.29. The van der Waals surface area contributed by atoms with Crippen molar-refractivity contribution in [2.24, 2.45) is 0 Å². The molecule has 1 aliphatic heterocycles. The van der Waals surface area contributed by atoms with E-state index in [1.807, 2.05) is 42.5 Å². The summed E-state index contributed by atoms with van der Waals surface area (Å²) in [5.74, 6) is -1.08. The maximum Gasteiger partial charge on any atom is 0.347 e. The smallest absolute Gasteiger partial charge is 0.347 e. The maximum atomic E-state index is 12.9. The quantitative estimate of drug-likeness (QED) is 0.357. The van der Waals surface area contributed by atoms with Crippen LogP contribution in [0.5, 0.6) is 0 Å². The second-order valence-electron chi connectivity index (χ2n) is 6.35. The molecular weight excluding hydrogens is 406 g/mol. The average molecular weight is 426 g/mol. The van der Waals surface area contributed by atoms with Gasteiger partial charge in [0.1, 0.15) is 5.65 Å². The zero-order chi connectivity index (χ0) is 20.2. The van der Waals surface area contributed by atoms with Crippen LogP contribution >= 0.6 is 12.4 Å². The van der Waals surface area contributed by atoms with Crippen LogP contribution in [0, 0.1) is 0 Å². The lowest BCUT2D eigenvalue weighted by atomic mass is 10.1. The predicted octanol–water partition coefficient (Wildman–Crippen LogP) is 3.49. The summed E-state index contributed by atoms with van der Waals surface area (Å²) >= 11 is 0. The summed E-state index contributed by atoms with van der Waals surface area (Å²) in [4.78, 5) is 32.5. The average Bonchev–Trinajstić information content (AvgIpc) is 3.29. The summed E-state index contributed by atoms with van der Waals surface area (Å²) in [6, 6.07) is 13.3. The molecule has 4 rings (SSSR count). The first-order valence-electron chi connectivity index (χ1n) is 9.23. The lowest BCUT2D eigenvalue weighted by Gasteiger charge is -2.08. The van der Waals surface area contributed by atoms with E-state index in [0.717, 1.165) is 16.5 Å². The van der Waals surface area contributed by atoms with Crippen LogP contribution in [0.1, 0.15) is 18.1 Å². The molecule has 2 N–H and O–H groups in total. The maximum absolute atomic E-state index is 12.9. The number of pyridine rings is 1. The van der Waals surface area contributed by atoms with Crippen LogP contribution in [-0.2, 0) is 25.6 Å². The van der Waals surface area contributed by atoms with Crippen LogP contribution in [0.4, 0.5) is 0 Å². The molecule has 7 nitrogen and oxygen atoms in total. The van der Waals surface area contributed by atoms with Gasteiger partial charge in [0.25, 0.3) is 0 Å². The fourth-order valence-electron chi connectivity index (χ4n) is 3.06. The highest BCUT2D eigenvalue weighted by Gasteiger charge is 2.36. The zero-order valence-corrected chi connectivity index (χ0v) is 17.0. The number of nitrogens with zero attached hydrogens (tertiary/aromatic N) is 1. The highest BCUT2D eigenvalue weighted by atomic mass is 35.5. The Bertz CT molecular complexity index is 1140. The number of ketones is 1. The van der Waals surface area contributed by atoms with Crippen molar-refractivity contribution in [1.82, 2.24) is 15.3 Å². The minimum atomic E-state index is -0.711. The van der Waals surface area contributed by atoms with E-state index in [9.17, 15) is 9.59 Å². The molecule has 1 aliphatic rings. The molecule has 0 atom stereocenters. The van der Waals surface area contributed by atoms with E-state index >= 15 is 0 Å². The summed E-state index contributed by atoms with van der Waals surface area (Å²) < 4.78 is 10.8. The van der Waals surface area contributed by atoms with E-state index < -0.39 is 11.8 Å². The van der Waals surface area contributed by atoms with Crippen molar-refractivity contribution in [3.8, 4) is 0 Å². The first-order valence-corrected chi connectivity index (χ1v) is 9.23. The number of hydrogen-bond donors (Lipinski definition) is 2. The highest BCUT2D eigenvalue weighted by Crippen LogP contribution is 2.28. The fourth-order valence-corrected chi connectivity index (χ4v) is 3.06. The number of H-pyrrole nitrogens is 1.